The Balaban J connectivity index is 1.99. The van der Waals surface area contributed by atoms with Gasteiger partial charge in [0, 0.05) is 6.42 Å². The summed E-state index contributed by atoms with van der Waals surface area (Å²) in [5.74, 6) is 0.769. The minimum atomic E-state index is -0.546. The van der Waals surface area contributed by atoms with Crippen LogP contribution in [0.15, 0.2) is 30.3 Å². The number of hydrogen-bond donors (Lipinski definition) is 1. The van der Waals surface area contributed by atoms with Crippen molar-refractivity contribution in [2.75, 3.05) is 13.2 Å². The summed E-state index contributed by atoms with van der Waals surface area (Å²) in [4.78, 5) is 13.7. The van der Waals surface area contributed by atoms with Gasteiger partial charge in [0.2, 0.25) is 0 Å². The Bertz CT molecular complexity index is 469. The molecule has 1 aliphatic rings. The molecule has 0 bridgehead atoms. The lowest BCUT2D eigenvalue weighted by Gasteiger charge is -2.27. The van der Waals surface area contributed by atoms with E-state index in [2.05, 4.69) is 0 Å². The van der Waals surface area contributed by atoms with Crippen molar-refractivity contribution in [2.45, 2.75) is 44.9 Å². The van der Waals surface area contributed by atoms with Crippen molar-refractivity contribution in [1.82, 2.24) is 4.90 Å². The van der Waals surface area contributed by atoms with Gasteiger partial charge in [-0.1, -0.05) is 18.2 Å². The van der Waals surface area contributed by atoms with E-state index in [1.54, 1.807) is 4.90 Å². The van der Waals surface area contributed by atoms with Gasteiger partial charge in [0.05, 0.1) is 19.2 Å². The third-order valence-electron chi connectivity index (χ3n) is 3.26. The standard InChI is InChI=1S/C16H23NO4/c1-16(2,3)21-15(19)17-10-14(9-12(17)11-18)20-13-7-5-4-6-8-13/h4-8,12,14,18H,9-11H2,1-3H3/t12-,14+/m0/s1. The molecular weight excluding hydrogens is 270 g/mol. The summed E-state index contributed by atoms with van der Waals surface area (Å²) >= 11 is 0. The molecule has 2 rings (SSSR count). The van der Waals surface area contributed by atoms with E-state index in [-0.39, 0.29) is 18.8 Å². The maximum absolute atomic E-state index is 12.2. The zero-order valence-electron chi connectivity index (χ0n) is 12.8. The molecule has 1 aromatic carbocycles. The van der Waals surface area contributed by atoms with Gasteiger partial charge in [-0.15, -0.1) is 0 Å². The second kappa shape index (κ2) is 6.35. The van der Waals surface area contributed by atoms with Gasteiger partial charge in [-0.05, 0) is 32.9 Å². The molecule has 1 amide bonds. The van der Waals surface area contributed by atoms with Crippen LogP contribution in [-0.4, -0.2) is 47.0 Å². The highest BCUT2D eigenvalue weighted by Gasteiger charge is 2.38. The van der Waals surface area contributed by atoms with E-state index in [0.29, 0.717) is 13.0 Å². The number of hydrogen-bond acceptors (Lipinski definition) is 4. The predicted molar refractivity (Wildman–Crippen MR) is 79.3 cm³/mol. The number of aliphatic hydroxyl groups excluding tert-OH is 1. The number of para-hydroxylation sites is 1. The highest BCUT2D eigenvalue weighted by Crippen LogP contribution is 2.24. The average molecular weight is 293 g/mol. The van der Waals surface area contributed by atoms with E-state index < -0.39 is 11.7 Å². The molecule has 2 atom stereocenters. The number of benzene rings is 1. The fourth-order valence-corrected chi connectivity index (χ4v) is 2.37. The summed E-state index contributed by atoms with van der Waals surface area (Å²) in [6.07, 6.45) is 0.0720. The first-order valence-corrected chi connectivity index (χ1v) is 7.21. The lowest BCUT2D eigenvalue weighted by Crippen LogP contribution is -2.41. The molecule has 0 unspecified atom stereocenters. The Kier molecular flexibility index (Phi) is 4.73. The van der Waals surface area contributed by atoms with Gasteiger partial charge >= 0.3 is 6.09 Å². The number of nitrogens with zero attached hydrogens (tertiary/aromatic N) is 1. The molecule has 1 N–H and O–H groups in total. The largest absolute Gasteiger partial charge is 0.489 e. The van der Waals surface area contributed by atoms with E-state index in [4.69, 9.17) is 9.47 Å². The van der Waals surface area contributed by atoms with E-state index in [1.807, 2.05) is 51.1 Å². The first-order chi connectivity index (χ1) is 9.89. The summed E-state index contributed by atoms with van der Waals surface area (Å²) in [5.41, 5.74) is -0.546. The third kappa shape index (κ3) is 4.36. The molecule has 1 aromatic rings. The number of rotatable bonds is 3. The molecule has 116 valence electrons. The molecule has 0 aromatic heterocycles. The Morgan fingerprint density at radius 1 is 1.33 bits per heavy atom. The molecule has 0 saturated carbocycles. The Hall–Kier alpha value is -1.75. The van der Waals surface area contributed by atoms with Crippen LogP contribution in [0.3, 0.4) is 0 Å². The van der Waals surface area contributed by atoms with E-state index in [1.165, 1.54) is 0 Å². The average Bonchev–Trinajstić information content (AvgIpc) is 2.81. The summed E-state index contributed by atoms with van der Waals surface area (Å²) in [6.45, 7) is 5.82. The molecule has 0 spiro atoms. The number of aliphatic hydroxyl groups is 1. The SMILES string of the molecule is CC(C)(C)OC(=O)N1C[C@H](Oc2ccccc2)C[C@H]1CO. The van der Waals surface area contributed by atoms with Gasteiger partial charge in [-0.3, -0.25) is 4.90 Å². The number of carbonyl (C=O) groups is 1. The van der Waals surface area contributed by atoms with E-state index in [9.17, 15) is 9.90 Å². The van der Waals surface area contributed by atoms with E-state index >= 15 is 0 Å². The van der Waals surface area contributed by atoms with Crippen molar-refractivity contribution in [1.29, 1.82) is 0 Å². The van der Waals surface area contributed by atoms with Gasteiger partial charge in [0.25, 0.3) is 0 Å². The minimum Gasteiger partial charge on any atom is -0.489 e. The topological polar surface area (TPSA) is 59.0 Å². The lowest BCUT2D eigenvalue weighted by atomic mass is 10.2. The van der Waals surface area contributed by atoms with Crippen LogP contribution in [-0.2, 0) is 4.74 Å². The predicted octanol–water partition coefficient (Wildman–Crippen LogP) is 2.44. The zero-order chi connectivity index (χ0) is 15.5. The number of likely N-dealkylation sites (tertiary alicyclic amines) is 1. The van der Waals surface area contributed by atoms with Crippen LogP contribution in [0.25, 0.3) is 0 Å². The third-order valence-corrected chi connectivity index (χ3v) is 3.26. The molecule has 0 aliphatic carbocycles. The maximum atomic E-state index is 12.2. The molecule has 5 nitrogen and oxygen atoms in total. The number of ether oxygens (including phenoxy) is 2. The Labute approximate surface area is 125 Å². The summed E-state index contributed by atoms with van der Waals surface area (Å²) in [5, 5.41) is 9.46. The summed E-state index contributed by atoms with van der Waals surface area (Å²) in [6, 6.07) is 9.23. The fraction of sp³-hybridized carbons (Fsp3) is 0.562. The summed E-state index contributed by atoms with van der Waals surface area (Å²) < 4.78 is 11.2. The van der Waals surface area contributed by atoms with Crippen LogP contribution >= 0.6 is 0 Å². The molecular formula is C16H23NO4. The smallest absolute Gasteiger partial charge is 0.410 e. The van der Waals surface area contributed by atoms with Crippen molar-refractivity contribution in [3.05, 3.63) is 30.3 Å². The number of amides is 1. The number of carbonyl (C=O) groups excluding carboxylic acids is 1. The molecule has 1 aliphatic heterocycles. The second-order valence-electron chi connectivity index (χ2n) is 6.26. The van der Waals surface area contributed by atoms with Crippen LogP contribution in [0.2, 0.25) is 0 Å². The molecule has 1 heterocycles. The first-order valence-electron chi connectivity index (χ1n) is 7.21. The lowest BCUT2D eigenvalue weighted by molar-refractivity contribution is 0.0165. The van der Waals surface area contributed by atoms with Crippen LogP contribution < -0.4 is 4.74 Å². The van der Waals surface area contributed by atoms with Gasteiger partial charge in [-0.2, -0.15) is 0 Å². The van der Waals surface area contributed by atoms with Crippen molar-refractivity contribution < 1.29 is 19.4 Å². The normalized spacial score (nSPS) is 22.2. The van der Waals surface area contributed by atoms with Gasteiger partial charge in [0.15, 0.2) is 0 Å². The minimum absolute atomic E-state index is 0.0894. The quantitative estimate of drug-likeness (QED) is 0.930. The molecule has 1 fully saturated rings. The van der Waals surface area contributed by atoms with E-state index in [0.717, 1.165) is 5.75 Å². The fourth-order valence-electron chi connectivity index (χ4n) is 2.37. The van der Waals surface area contributed by atoms with Gasteiger partial charge in [0.1, 0.15) is 17.5 Å². The van der Waals surface area contributed by atoms with Gasteiger partial charge < -0.3 is 14.6 Å². The Morgan fingerprint density at radius 2 is 2.00 bits per heavy atom. The highest BCUT2D eigenvalue weighted by molar-refractivity contribution is 5.69. The van der Waals surface area contributed by atoms with Crippen LogP contribution in [0, 0.1) is 0 Å². The van der Waals surface area contributed by atoms with Crippen molar-refractivity contribution in [3.63, 3.8) is 0 Å². The molecule has 5 heteroatoms. The van der Waals surface area contributed by atoms with Crippen LogP contribution in [0.4, 0.5) is 4.79 Å². The van der Waals surface area contributed by atoms with Crippen LogP contribution in [0.1, 0.15) is 27.2 Å². The molecule has 0 radical (unpaired) electrons. The molecule has 21 heavy (non-hydrogen) atoms. The summed E-state index contributed by atoms with van der Waals surface area (Å²) in [7, 11) is 0. The zero-order valence-corrected chi connectivity index (χ0v) is 12.8. The van der Waals surface area contributed by atoms with Crippen molar-refractivity contribution in [2.24, 2.45) is 0 Å². The van der Waals surface area contributed by atoms with Crippen LogP contribution in [0.5, 0.6) is 5.75 Å². The first kappa shape index (κ1) is 15.6. The van der Waals surface area contributed by atoms with Crippen molar-refractivity contribution >= 4 is 6.09 Å². The molecule has 1 saturated heterocycles. The Morgan fingerprint density at radius 3 is 2.57 bits per heavy atom. The maximum Gasteiger partial charge on any atom is 0.410 e. The monoisotopic (exact) mass is 293 g/mol. The van der Waals surface area contributed by atoms with Crippen molar-refractivity contribution in [3.8, 4) is 5.75 Å². The highest BCUT2D eigenvalue weighted by atomic mass is 16.6. The second-order valence-corrected chi connectivity index (χ2v) is 6.26. The van der Waals surface area contributed by atoms with Gasteiger partial charge in [-0.25, -0.2) is 4.79 Å².